The van der Waals surface area contributed by atoms with Gasteiger partial charge in [0.2, 0.25) is 0 Å². The van der Waals surface area contributed by atoms with Crippen molar-refractivity contribution in [3.8, 4) is 5.75 Å². The average molecular weight is 299 g/mol. The molecule has 1 aromatic rings. The molecule has 4 heteroatoms. The van der Waals surface area contributed by atoms with E-state index in [2.05, 4.69) is 15.9 Å². The molecule has 1 fully saturated rings. The molecule has 0 amide bonds. The van der Waals surface area contributed by atoms with Gasteiger partial charge < -0.3 is 10.2 Å². The van der Waals surface area contributed by atoms with Crippen LogP contribution in [0.1, 0.15) is 36.3 Å². The number of aryl methyl sites for hydroxylation is 1. The van der Waals surface area contributed by atoms with Crippen molar-refractivity contribution in [3.05, 3.63) is 27.7 Å². The van der Waals surface area contributed by atoms with Crippen LogP contribution in [0.25, 0.3) is 0 Å². The molecule has 1 saturated carbocycles. The number of aromatic hydroxyl groups is 1. The smallest absolute Gasteiger partial charge is 0.303 e. The number of rotatable bonds is 4. The Morgan fingerprint density at radius 1 is 1.53 bits per heavy atom. The number of hydrogen-bond donors (Lipinski definition) is 2. The predicted molar refractivity (Wildman–Crippen MR) is 68.3 cm³/mol. The van der Waals surface area contributed by atoms with E-state index < -0.39 is 5.97 Å². The molecule has 0 spiro atoms. The lowest BCUT2D eigenvalue weighted by molar-refractivity contribution is -0.137. The van der Waals surface area contributed by atoms with E-state index in [0.717, 1.165) is 24.0 Å². The van der Waals surface area contributed by atoms with Crippen molar-refractivity contribution >= 4 is 21.9 Å². The zero-order chi connectivity index (χ0) is 12.6. The minimum atomic E-state index is -0.760. The van der Waals surface area contributed by atoms with E-state index in [4.69, 9.17) is 5.11 Å². The Bertz CT molecular complexity index is 429. The van der Waals surface area contributed by atoms with Gasteiger partial charge in [0, 0.05) is 0 Å². The number of carbonyl (C=O) groups is 1. The Labute approximate surface area is 109 Å². The molecule has 0 radical (unpaired) electrons. The monoisotopic (exact) mass is 298 g/mol. The topological polar surface area (TPSA) is 57.5 Å². The summed E-state index contributed by atoms with van der Waals surface area (Å²) in [4.78, 5) is 10.9. The summed E-state index contributed by atoms with van der Waals surface area (Å²) in [5.41, 5.74) is 1.79. The number of phenols is 1. The highest BCUT2D eigenvalue weighted by Crippen LogP contribution is 2.46. The van der Waals surface area contributed by atoms with Crippen LogP contribution in [0, 0.1) is 12.8 Å². The Balaban J connectivity index is 2.32. The summed E-state index contributed by atoms with van der Waals surface area (Å²) in [6, 6.07) is 3.74. The predicted octanol–water partition coefficient (Wildman–Crippen LogP) is 3.43. The van der Waals surface area contributed by atoms with Crippen LogP contribution >= 0.6 is 15.9 Å². The van der Waals surface area contributed by atoms with Crippen LogP contribution in [0.3, 0.4) is 0 Å². The lowest BCUT2D eigenvalue weighted by atomic mass is 9.90. The van der Waals surface area contributed by atoms with Crippen LogP contribution in [0.4, 0.5) is 0 Å². The summed E-state index contributed by atoms with van der Waals surface area (Å²) in [5.74, 6) is 0.0346. The summed E-state index contributed by atoms with van der Waals surface area (Å²) in [6.45, 7) is 1.83. The molecule has 17 heavy (non-hydrogen) atoms. The summed E-state index contributed by atoms with van der Waals surface area (Å²) in [6.07, 6.45) is 2.38. The number of halogens is 1. The van der Waals surface area contributed by atoms with E-state index in [-0.39, 0.29) is 18.1 Å². The van der Waals surface area contributed by atoms with Gasteiger partial charge in [0.1, 0.15) is 5.75 Å². The first-order valence-electron chi connectivity index (χ1n) is 5.70. The molecule has 2 N–H and O–H groups in total. The zero-order valence-corrected chi connectivity index (χ0v) is 11.2. The van der Waals surface area contributed by atoms with Gasteiger partial charge in [-0.25, -0.2) is 0 Å². The molecule has 0 bridgehead atoms. The maximum Gasteiger partial charge on any atom is 0.303 e. The Hall–Kier alpha value is -1.03. The number of carboxylic acid groups (broad SMARTS) is 1. The molecule has 3 nitrogen and oxygen atoms in total. The largest absolute Gasteiger partial charge is 0.506 e. The molecule has 0 aliphatic heterocycles. The van der Waals surface area contributed by atoms with Crippen molar-refractivity contribution in [2.75, 3.05) is 0 Å². The Morgan fingerprint density at radius 2 is 2.18 bits per heavy atom. The van der Waals surface area contributed by atoms with Gasteiger partial charge in [0.25, 0.3) is 0 Å². The molecule has 0 aromatic heterocycles. The van der Waals surface area contributed by atoms with Gasteiger partial charge >= 0.3 is 5.97 Å². The number of aliphatic carboxylic acids is 1. The summed E-state index contributed by atoms with van der Waals surface area (Å²) in [7, 11) is 0. The van der Waals surface area contributed by atoms with Gasteiger partial charge in [-0.2, -0.15) is 0 Å². The van der Waals surface area contributed by atoms with E-state index in [1.807, 2.05) is 19.1 Å². The molecule has 1 atom stereocenters. The number of carboxylic acids is 1. The van der Waals surface area contributed by atoms with E-state index in [0.29, 0.717) is 10.4 Å². The highest BCUT2D eigenvalue weighted by atomic mass is 79.9. The van der Waals surface area contributed by atoms with Gasteiger partial charge in [-0.15, -0.1) is 0 Å². The fourth-order valence-electron chi connectivity index (χ4n) is 2.22. The van der Waals surface area contributed by atoms with Crippen molar-refractivity contribution < 1.29 is 15.0 Å². The lowest BCUT2D eigenvalue weighted by Gasteiger charge is -2.16. The second kappa shape index (κ2) is 4.69. The molecule has 1 unspecified atom stereocenters. The maximum absolute atomic E-state index is 10.9. The summed E-state index contributed by atoms with van der Waals surface area (Å²) < 4.78 is 0.642. The third kappa shape index (κ3) is 2.80. The first kappa shape index (κ1) is 12.4. The second-order valence-corrected chi connectivity index (χ2v) is 5.56. The Kier molecular flexibility index (Phi) is 3.43. The fraction of sp³-hybridized carbons (Fsp3) is 0.462. The van der Waals surface area contributed by atoms with E-state index >= 15 is 0 Å². The highest BCUT2D eigenvalue weighted by molar-refractivity contribution is 9.10. The van der Waals surface area contributed by atoms with Gasteiger partial charge in [0.05, 0.1) is 10.9 Å². The lowest BCUT2D eigenvalue weighted by Crippen LogP contribution is -2.08. The van der Waals surface area contributed by atoms with Crippen molar-refractivity contribution in [2.24, 2.45) is 5.92 Å². The molecule has 1 aromatic carbocycles. The Morgan fingerprint density at radius 3 is 2.65 bits per heavy atom. The molecule has 92 valence electrons. The van der Waals surface area contributed by atoms with Crippen LogP contribution in [0.5, 0.6) is 5.75 Å². The molecule has 2 rings (SSSR count). The standard InChI is InChI=1S/C13H15BrO3/c1-7-4-9(5-11(14)13(7)17)10(6-12(15)16)8-2-3-8/h4-5,8,10,17H,2-3,6H2,1H3,(H,15,16). The van der Waals surface area contributed by atoms with Crippen LogP contribution < -0.4 is 0 Å². The van der Waals surface area contributed by atoms with Gasteiger partial charge in [0.15, 0.2) is 0 Å². The second-order valence-electron chi connectivity index (χ2n) is 4.71. The van der Waals surface area contributed by atoms with Crippen LogP contribution in [0.2, 0.25) is 0 Å². The average Bonchev–Trinajstić information content (AvgIpc) is 3.05. The van der Waals surface area contributed by atoms with Crippen LogP contribution in [-0.2, 0) is 4.79 Å². The third-order valence-corrected chi connectivity index (χ3v) is 3.89. The van der Waals surface area contributed by atoms with E-state index in [9.17, 15) is 9.90 Å². The van der Waals surface area contributed by atoms with E-state index in [1.165, 1.54) is 0 Å². The zero-order valence-electron chi connectivity index (χ0n) is 9.61. The normalized spacial score (nSPS) is 16.8. The number of benzene rings is 1. The minimum Gasteiger partial charge on any atom is -0.506 e. The van der Waals surface area contributed by atoms with E-state index in [1.54, 1.807) is 0 Å². The molecule has 1 aliphatic carbocycles. The summed E-state index contributed by atoms with van der Waals surface area (Å²) in [5, 5.41) is 18.6. The number of hydrogen-bond acceptors (Lipinski definition) is 2. The van der Waals surface area contributed by atoms with Crippen molar-refractivity contribution in [1.82, 2.24) is 0 Å². The molecule has 0 saturated heterocycles. The molecular formula is C13H15BrO3. The summed E-state index contributed by atoms with van der Waals surface area (Å²) >= 11 is 3.30. The quantitative estimate of drug-likeness (QED) is 0.895. The van der Waals surface area contributed by atoms with Crippen molar-refractivity contribution in [1.29, 1.82) is 0 Å². The minimum absolute atomic E-state index is 0.0723. The van der Waals surface area contributed by atoms with Gasteiger partial charge in [-0.3, -0.25) is 4.79 Å². The molecule has 1 aliphatic rings. The highest BCUT2D eigenvalue weighted by Gasteiger charge is 2.34. The first-order chi connectivity index (χ1) is 7.99. The third-order valence-electron chi connectivity index (χ3n) is 3.29. The number of phenolic OH excluding ortho intramolecular Hbond substituents is 1. The SMILES string of the molecule is Cc1cc(C(CC(=O)O)C2CC2)cc(Br)c1O. The maximum atomic E-state index is 10.9. The van der Waals surface area contributed by atoms with Crippen LogP contribution in [-0.4, -0.2) is 16.2 Å². The first-order valence-corrected chi connectivity index (χ1v) is 6.49. The van der Waals surface area contributed by atoms with Crippen LogP contribution in [0.15, 0.2) is 16.6 Å². The van der Waals surface area contributed by atoms with Crippen molar-refractivity contribution in [2.45, 2.75) is 32.1 Å². The molecule has 0 heterocycles. The van der Waals surface area contributed by atoms with Gasteiger partial charge in [-0.05, 0) is 64.7 Å². The molecular weight excluding hydrogens is 284 g/mol. The fourth-order valence-corrected chi connectivity index (χ4v) is 2.80. The van der Waals surface area contributed by atoms with Gasteiger partial charge in [-0.1, -0.05) is 6.07 Å². The van der Waals surface area contributed by atoms with Crippen molar-refractivity contribution in [3.63, 3.8) is 0 Å².